The van der Waals surface area contributed by atoms with E-state index in [1.54, 1.807) is 0 Å². The van der Waals surface area contributed by atoms with Gasteiger partial charge in [0.1, 0.15) is 0 Å². The number of pyridine rings is 1. The van der Waals surface area contributed by atoms with Gasteiger partial charge in [-0.05, 0) is 42.5 Å². The number of hydrogen-bond donors (Lipinski definition) is 1. The maximum absolute atomic E-state index is 6.38. The summed E-state index contributed by atoms with van der Waals surface area (Å²) in [6, 6.07) is 10.6. The van der Waals surface area contributed by atoms with Crippen LogP contribution >= 0.6 is 0 Å². The lowest BCUT2D eigenvalue weighted by atomic mass is 9.79. The lowest BCUT2D eigenvalue weighted by Crippen LogP contribution is -2.28. The lowest BCUT2D eigenvalue weighted by molar-refractivity contribution is 0.278. The largest absolute Gasteiger partial charge is 0.324 e. The Morgan fingerprint density at radius 2 is 1.94 bits per heavy atom. The molecular weight excluding hydrogens is 220 g/mol. The molecule has 0 aliphatic heterocycles. The SMILES string of the molecule is CCC(C)(C)C(N)c1ccc2nc(C)ccc2c1. The molecule has 0 bridgehead atoms. The smallest absolute Gasteiger partial charge is 0.0705 e. The van der Waals surface area contributed by atoms with Crippen LogP contribution in [0.2, 0.25) is 0 Å². The van der Waals surface area contributed by atoms with E-state index >= 15 is 0 Å². The van der Waals surface area contributed by atoms with E-state index in [0.29, 0.717) is 0 Å². The molecule has 2 aromatic rings. The number of fused-ring (bicyclic) bond motifs is 1. The summed E-state index contributed by atoms with van der Waals surface area (Å²) in [6.07, 6.45) is 1.07. The predicted octanol–water partition coefficient (Wildman–Crippen LogP) is 3.98. The predicted molar refractivity (Wildman–Crippen MR) is 77.5 cm³/mol. The van der Waals surface area contributed by atoms with Crippen molar-refractivity contribution in [1.82, 2.24) is 4.98 Å². The summed E-state index contributed by atoms with van der Waals surface area (Å²) in [4.78, 5) is 4.52. The van der Waals surface area contributed by atoms with Crippen LogP contribution in [0.5, 0.6) is 0 Å². The van der Waals surface area contributed by atoms with E-state index in [0.717, 1.165) is 17.6 Å². The van der Waals surface area contributed by atoms with Crippen molar-refractivity contribution in [3.8, 4) is 0 Å². The van der Waals surface area contributed by atoms with Crippen molar-refractivity contribution in [2.24, 2.45) is 11.1 Å². The van der Waals surface area contributed by atoms with E-state index in [4.69, 9.17) is 5.73 Å². The van der Waals surface area contributed by atoms with Crippen molar-refractivity contribution in [3.05, 3.63) is 41.6 Å². The van der Waals surface area contributed by atoms with E-state index in [2.05, 4.69) is 50.0 Å². The fraction of sp³-hybridized carbons (Fsp3) is 0.438. The maximum atomic E-state index is 6.38. The van der Waals surface area contributed by atoms with Crippen LogP contribution in [0.4, 0.5) is 0 Å². The van der Waals surface area contributed by atoms with Crippen LogP contribution in [0.3, 0.4) is 0 Å². The zero-order chi connectivity index (χ0) is 13.3. The van der Waals surface area contributed by atoms with Crippen LogP contribution in [0, 0.1) is 12.3 Å². The van der Waals surface area contributed by atoms with Crippen molar-refractivity contribution in [2.75, 3.05) is 0 Å². The van der Waals surface area contributed by atoms with Crippen LogP contribution in [0.15, 0.2) is 30.3 Å². The highest BCUT2D eigenvalue weighted by atomic mass is 14.7. The van der Waals surface area contributed by atoms with Gasteiger partial charge in [0.25, 0.3) is 0 Å². The average Bonchev–Trinajstić information content (AvgIpc) is 2.37. The molecule has 1 unspecified atom stereocenters. The summed E-state index contributed by atoms with van der Waals surface area (Å²) in [6.45, 7) is 8.63. The normalized spacial score (nSPS) is 13.8. The summed E-state index contributed by atoms with van der Waals surface area (Å²) >= 11 is 0. The van der Waals surface area contributed by atoms with Gasteiger partial charge in [0.2, 0.25) is 0 Å². The van der Waals surface area contributed by atoms with E-state index in [1.807, 2.05) is 13.0 Å². The zero-order valence-electron chi connectivity index (χ0n) is 11.7. The molecule has 2 rings (SSSR count). The monoisotopic (exact) mass is 242 g/mol. The van der Waals surface area contributed by atoms with Gasteiger partial charge in [-0.2, -0.15) is 0 Å². The molecule has 1 aromatic carbocycles. The van der Waals surface area contributed by atoms with Crippen LogP contribution in [0.25, 0.3) is 10.9 Å². The van der Waals surface area contributed by atoms with Crippen molar-refractivity contribution in [3.63, 3.8) is 0 Å². The van der Waals surface area contributed by atoms with Crippen molar-refractivity contribution in [2.45, 2.75) is 40.2 Å². The van der Waals surface area contributed by atoms with E-state index in [-0.39, 0.29) is 11.5 Å². The molecule has 1 atom stereocenters. The Kier molecular flexibility index (Phi) is 3.40. The number of nitrogens with zero attached hydrogens (tertiary/aromatic N) is 1. The summed E-state index contributed by atoms with van der Waals surface area (Å²) in [5.74, 6) is 0. The Bertz CT molecular complexity index is 558. The third-order valence-electron chi connectivity index (χ3n) is 3.96. The molecule has 0 aliphatic rings. The fourth-order valence-electron chi connectivity index (χ4n) is 2.11. The van der Waals surface area contributed by atoms with Gasteiger partial charge in [-0.25, -0.2) is 0 Å². The first-order valence-electron chi connectivity index (χ1n) is 6.57. The summed E-state index contributed by atoms with van der Waals surface area (Å²) in [5.41, 5.74) is 9.79. The second kappa shape index (κ2) is 4.69. The molecule has 2 nitrogen and oxygen atoms in total. The lowest BCUT2D eigenvalue weighted by Gasteiger charge is -2.30. The third-order valence-corrected chi connectivity index (χ3v) is 3.96. The van der Waals surface area contributed by atoms with Gasteiger partial charge in [-0.1, -0.05) is 32.9 Å². The standard InChI is InChI=1S/C16H22N2/c1-5-16(3,4)15(17)13-8-9-14-12(10-13)7-6-11(2)18-14/h6-10,15H,5,17H2,1-4H3. The van der Waals surface area contributed by atoms with Crippen molar-refractivity contribution in [1.29, 1.82) is 0 Å². The number of hydrogen-bond acceptors (Lipinski definition) is 2. The van der Waals surface area contributed by atoms with Gasteiger partial charge < -0.3 is 5.73 Å². The Morgan fingerprint density at radius 1 is 1.22 bits per heavy atom. The van der Waals surface area contributed by atoms with Gasteiger partial charge in [-0.15, -0.1) is 0 Å². The number of aryl methyl sites for hydroxylation is 1. The Hall–Kier alpha value is -1.41. The van der Waals surface area contributed by atoms with Gasteiger partial charge >= 0.3 is 0 Å². The molecule has 2 heteroatoms. The first-order valence-corrected chi connectivity index (χ1v) is 6.57. The van der Waals surface area contributed by atoms with Crippen molar-refractivity contribution < 1.29 is 0 Å². The molecule has 2 N–H and O–H groups in total. The molecule has 0 saturated carbocycles. The minimum Gasteiger partial charge on any atom is -0.324 e. The molecule has 0 aliphatic carbocycles. The van der Waals surface area contributed by atoms with Gasteiger partial charge in [0, 0.05) is 17.1 Å². The summed E-state index contributed by atoms with van der Waals surface area (Å²) in [7, 11) is 0. The molecule has 1 aromatic heterocycles. The quantitative estimate of drug-likeness (QED) is 0.884. The van der Waals surface area contributed by atoms with Gasteiger partial charge in [0.05, 0.1) is 5.52 Å². The zero-order valence-corrected chi connectivity index (χ0v) is 11.7. The molecular formula is C16H22N2. The molecule has 1 heterocycles. The summed E-state index contributed by atoms with van der Waals surface area (Å²) in [5, 5.41) is 1.17. The van der Waals surface area contributed by atoms with E-state index in [1.165, 1.54) is 10.9 Å². The Morgan fingerprint density at radius 3 is 2.61 bits per heavy atom. The minimum absolute atomic E-state index is 0.0632. The maximum Gasteiger partial charge on any atom is 0.0705 e. The second-order valence-corrected chi connectivity index (χ2v) is 5.72. The molecule has 0 radical (unpaired) electrons. The highest BCUT2D eigenvalue weighted by molar-refractivity contribution is 5.79. The van der Waals surface area contributed by atoms with Crippen LogP contribution in [-0.4, -0.2) is 4.98 Å². The first-order chi connectivity index (χ1) is 8.44. The van der Waals surface area contributed by atoms with E-state index in [9.17, 15) is 0 Å². The third kappa shape index (κ3) is 2.39. The molecule has 0 fully saturated rings. The number of aromatic nitrogens is 1. The Labute approximate surface area is 109 Å². The number of rotatable bonds is 3. The molecule has 0 saturated heterocycles. The highest BCUT2D eigenvalue weighted by Gasteiger charge is 2.25. The van der Waals surface area contributed by atoms with Crippen molar-refractivity contribution >= 4 is 10.9 Å². The highest BCUT2D eigenvalue weighted by Crippen LogP contribution is 2.35. The number of nitrogens with two attached hydrogens (primary N) is 1. The average molecular weight is 242 g/mol. The Balaban J connectivity index is 2.44. The summed E-state index contributed by atoms with van der Waals surface area (Å²) < 4.78 is 0. The molecule has 96 valence electrons. The van der Waals surface area contributed by atoms with Gasteiger partial charge in [0.15, 0.2) is 0 Å². The minimum atomic E-state index is 0.0632. The number of benzene rings is 1. The van der Waals surface area contributed by atoms with Gasteiger partial charge in [-0.3, -0.25) is 4.98 Å². The van der Waals surface area contributed by atoms with Crippen LogP contribution < -0.4 is 5.73 Å². The molecule has 0 spiro atoms. The topological polar surface area (TPSA) is 38.9 Å². The first kappa shape index (κ1) is 13.0. The van der Waals surface area contributed by atoms with E-state index < -0.39 is 0 Å². The van der Waals surface area contributed by atoms with Crippen LogP contribution in [0.1, 0.15) is 44.5 Å². The second-order valence-electron chi connectivity index (χ2n) is 5.72. The van der Waals surface area contributed by atoms with Crippen LogP contribution in [-0.2, 0) is 0 Å². The molecule has 0 amide bonds. The fourth-order valence-corrected chi connectivity index (χ4v) is 2.11. The molecule has 18 heavy (non-hydrogen) atoms.